The molecule has 2 N–H and O–H groups in total. The average Bonchev–Trinajstić information content (AvgIpc) is 2.92. The van der Waals surface area contributed by atoms with E-state index in [9.17, 15) is 4.79 Å². The molecule has 0 saturated carbocycles. The lowest BCUT2D eigenvalue weighted by Gasteiger charge is -2.07. The van der Waals surface area contributed by atoms with Crippen molar-refractivity contribution in [3.05, 3.63) is 39.7 Å². The zero-order valence-corrected chi connectivity index (χ0v) is 17.8. The molecule has 0 unspecified atom stereocenters. The van der Waals surface area contributed by atoms with Gasteiger partial charge in [-0.1, -0.05) is 29.8 Å². The number of amides is 1. The highest BCUT2D eigenvalue weighted by Crippen LogP contribution is 2.28. The van der Waals surface area contributed by atoms with Crippen molar-refractivity contribution in [3.8, 4) is 11.3 Å². The summed E-state index contributed by atoms with van der Waals surface area (Å²) in [4.78, 5) is 17.8. The van der Waals surface area contributed by atoms with Crippen LogP contribution in [0.1, 0.15) is 15.4 Å². The van der Waals surface area contributed by atoms with Gasteiger partial charge in [-0.2, -0.15) is 0 Å². The molecule has 2 aromatic rings. The number of methoxy groups -OCH3 is 1. The fraction of sp³-hybridized carbons (Fsp3) is 0.444. The number of halogens is 2. The van der Waals surface area contributed by atoms with Crippen LogP contribution in [0.2, 0.25) is 0 Å². The summed E-state index contributed by atoms with van der Waals surface area (Å²) in [5.74, 6) is 0.0283. The minimum absolute atomic E-state index is 0. The third kappa shape index (κ3) is 8.01. The molecule has 1 aromatic heterocycles. The van der Waals surface area contributed by atoms with Crippen LogP contribution in [0.3, 0.4) is 0 Å². The molecule has 0 spiro atoms. The maximum atomic E-state index is 12.2. The lowest BCUT2D eigenvalue weighted by atomic mass is 10.1. The van der Waals surface area contributed by atoms with Gasteiger partial charge in [0.05, 0.1) is 23.7 Å². The van der Waals surface area contributed by atoms with Crippen molar-refractivity contribution in [2.75, 3.05) is 33.4 Å². The van der Waals surface area contributed by atoms with Gasteiger partial charge in [-0.25, -0.2) is 4.98 Å². The number of aromatic nitrogens is 1. The maximum Gasteiger partial charge on any atom is 0.225 e. The molecule has 0 aliphatic carbocycles. The highest BCUT2D eigenvalue weighted by atomic mass is 35.5. The molecule has 2 rings (SSSR count). The standard InChI is InChI=1S/C18H25N3O2S.2ClH/c1-13-4-6-15(7-5-13)18-16(24-14(2)21-18)12-17(22)20-9-8-19-10-11-23-3;;/h4-7,19H,8-12H2,1-3H3,(H,20,22);2*1H. The first-order chi connectivity index (χ1) is 11.6. The highest BCUT2D eigenvalue weighted by molar-refractivity contribution is 7.12. The molecule has 0 fully saturated rings. The van der Waals surface area contributed by atoms with E-state index in [1.807, 2.05) is 6.92 Å². The Kier molecular flexibility index (Phi) is 12.5. The van der Waals surface area contributed by atoms with Gasteiger partial charge in [0, 0.05) is 37.2 Å². The number of thiazole rings is 1. The molecule has 0 aliphatic rings. The number of nitrogens with one attached hydrogen (secondary N) is 2. The van der Waals surface area contributed by atoms with Gasteiger partial charge in [-0.3, -0.25) is 4.79 Å². The van der Waals surface area contributed by atoms with Gasteiger partial charge >= 0.3 is 0 Å². The molecule has 0 aliphatic heterocycles. The second-order valence-electron chi connectivity index (χ2n) is 5.64. The van der Waals surface area contributed by atoms with Gasteiger partial charge < -0.3 is 15.4 Å². The van der Waals surface area contributed by atoms with Crippen LogP contribution in [0, 0.1) is 13.8 Å². The van der Waals surface area contributed by atoms with E-state index < -0.39 is 0 Å². The van der Waals surface area contributed by atoms with Crippen molar-refractivity contribution in [1.82, 2.24) is 15.6 Å². The van der Waals surface area contributed by atoms with E-state index in [4.69, 9.17) is 4.74 Å². The molecule has 1 aromatic carbocycles. The minimum Gasteiger partial charge on any atom is -0.383 e. The lowest BCUT2D eigenvalue weighted by molar-refractivity contribution is -0.120. The van der Waals surface area contributed by atoms with Crippen LogP contribution in [-0.4, -0.2) is 44.2 Å². The molecule has 146 valence electrons. The molecule has 0 radical (unpaired) electrons. The van der Waals surface area contributed by atoms with E-state index in [0.29, 0.717) is 19.6 Å². The van der Waals surface area contributed by atoms with Crippen molar-refractivity contribution >= 4 is 42.1 Å². The molecule has 8 heteroatoms. The largest absolute Gasteiger partial charge is 0.383 e. The summed E-state index contributed by atoms with van der Waals surface area (Å²) in [6.45, 7) is 6.85. The van der Waals surface area contributed by atoms with Crippen LogP contribution >= 0.6 is 36.2 Å². The number of rotatable bonds is 9. The van der Waals surface area contributed by atoms with Crippen LogP contribution in [-0.2, 0) is 16.0 Å². The average molecular weight is 420 g/mol. The second kappa shape index (κ2) is 13.1. The molecule has 1 amide bonds. The van der Waals surface area contributed by atoms with E-state index in [1.54, 1.807) is 18.4 Å². The van der Waals surface area contributed by atoms with Crippen molar-refractivity contribution in [1.29, 1.82) is 0 Å². The Hall–Kier alpha value is -1.18. The zero-order valence-electron chi connectivity index (χ0n) is 15.3. The minimum atomic E-state index is 0. The third-order valence-corrected chi connectivity index (χ3v) is 4.53. The first-order valence-electron chi connectivity index (χ1n) is 8.10. The summed E-state index contributed by atoms with van der Waals surface area (Å²) in [5, 5.41) is 7.13. The van der Waals surface area contributed by atoms with Gasteiger partial charge in [0.15, 0.2) is 0 Å². The number of hydrogen-bond donors (Lipinski definition) is 2. The Morgan fingerprint density at radius 1 is 1.12 bits per heavy atom. The van der Waals surface area contributed by atoms with E-state index in [0.717, 1.165) is 34.2 Å². The van der Waals surface area contributed by atoms with Crippen molar-refractivity contribution in [2.24, 2.45) is 0 Å². The molecule has 5 nitrogen and oxygen atoms in total. The zero-order chi connectivity index (χ0) is 17.4. The van der Waals surface area contributed by atoms with Crippen LogP contribution in [0.25, 0.3) is 11.3 Å². The van der Waals surface area contributed by atoms with Gasteiger partial charge in [-0.15, -0.1) is 36.2 Å². The Labute approximate surface area is 171 Å². The molecular weight excluding hydrogens is 393 g/mol. The molecule has 0 saturated heterocycles. The number of carbonyl (C=O) groups is 1. The summed E-state index contributed by atoms with van der Waals surface area (Å²) >= 11 is 1.59. The number of nitrogens with zero attached hydrogens (tertiary/aromatic N) is 1. The normalized spacial score (nSPS) is 9.96. The first-order valence-corrected chi connectivity index (χ1v) is 8.91. The van der Waals surface area contributed by atoms with Crippen molar-refractivity contribution in [3.63, 3.8) is 0 Å². The molecule has 1 heterocycles. The fourth-order valence-electron chi connectivity index (χ4n) is 2.32. The number of ether oxygens (including phenoxy) is 1. The molecule has 0 bridgehead atoms. The Bertz CT molecular complexity index is 663. The summed E-state index contributed by atoms with van der Waals surface area (Å²) in [7, 11) is 1.67. The van der Waals surface area contributed by atoms with Crippen LogP contribution < -0.4 is 10.6 Å². The van der Waals surface area contributed by atoms with Gasteiger partial charge in [-0.05, 0) is 13.8 Å². The van der Waals surface area contributed by atoms with Crippen LogP contribution in [0.4, 0.5) is 0 Å². The van der Waals surface area contributed by atoms with E-state index in [1.165, 1.54) is 5.56 Å². The summed E-state index contributed by atoms with van der Waals surface area (Å²) in [5.41, 5.74) is 3.20. The number of carbonyl (C=O) groups excluding carboxylic acids is 1. The summed E-state index contributed by atoms with van der Waals surface area (Å²) in [6, 6.07) is 8.26. The highest BCUT2D eigenvalue weighted by Gasteiger charge is 2.14. The van der Waals surface area contributed by atoms with Crippen molar-refractivity contribution in [2.45, 2.75) is 20.3 Å². The molecular formula is C18H27Cl2N3O2S. The smallest absolute Gasteiger partial charge is 0.225 e. The van der Waals surface area contributed by atoms with E-state index in [2.05, 4.69) is 46.8 Å². The van der Waals surface area contributed by atoms with Gasteiger partial charge in [0.1, 0.15) is 0 Å². The van der Waals surface area contributed by atoms with Crippen molar-refractivity contribution < 1.29 is 9.53 Å². The molecule has 26 heavy (non-hydrogen) atoms. The predicted molar refractivity (Wildman–Crippen MR) is 113 cm³/mol. The Morgan fingerprint density at radius 3 is 2.46 bits per heavy atom. The van der Waals surface area contributed by atoms with Gasteiger partial charge in [0.25, 0.3) is 0 Å². The number of hydrogen-bond acceptors (Lipinski definition) is 5. The Morgan fingerprint density at radius 2 is 1.81 bits per heavy atom. The second-order valence-corrected chi connectivity index (χ2v) is 6.93. The number of aryl methyl sites for hydroxylation is 2. The Balaban J connectivity index is 0.00000312. The summed E-state index contributed by atoms with van der Waals surface area (Å²) in [6.07, 6.45) is 0.368. The quantitative estimate of drug-likeness (QED) is 0.612. The third-order valence-electron chi connectivity index (χ3n) is 3.56. The van der Waals surface area contributed by atoms with Gasteiger partial charge in [0.2, 0.25) is 5.91 Å². The van der Waals surface area contributed by atoms with E-state index in [-0.39, 0.29) is 30.7 Å². The lowest BCUT2D eigenvalue weighted by Crippen LogP contribution is -2.33. The predicted octanol–water partition coefficient (Wildman–Crippen LogP) is 3.17. The van der Waals surface area contributed by atoms with E-state index >= 15 is 0 Å². The first kappa shape index (κ1) is 24.8. The topological polar surface area (TPSA) is 63.2 Å². The SMILES string of the molecule is COCCNCCNC(=O)Cc1sc(C)nc1-c1ccc(C)cc1.Cl.Cl. The fourth-order valence-corrected chi connectivity index (χ4v) is 3.28. The molecule has 0 atom stereocenters. The van der Waals surface area contributed by atoms with Crippen LogP contribution in [0.15, 0.2) is 24.3 Å². The maximum absolute atomic E-state index is 12.2. The summed E-state index contributed by atoms with van der Waals surface area (Å²) < 4.78 is 4.96. The monoisotopic (exact) mass is 419 g/mol. The van der Waals surface area contributed by atoms with Crippen LogP contribution in [0.5, 0.6) is 0 Å². The number of benzene rings is 1.